The minimum absolute atomic E-state index is 0. The highest BCUT2D eigenvalue weighted by Crippen LogP contribution is 2.41. The van der Waals surface area contributed by atoms with Gasteiger partial charge in [-0.05, 0) is 120 Å². The maximum atomic E-state index is 4.94. The van der Waals surface area contributed by atoms with Crippen LogP contribution in [0.4, 0.5) is 11.6 Å². The van der Waals surface area contributed by atoms with E-state index in [1.807, 2.05) is 27.6 Å². The second-order valence-corrected chi connectivity index (χ2v) is 18.4. The number of aromatic nitrogens is 4. The van der Waals surface area contributed by atoms with Gasteiger partial charge >= 0.3 is 0 Å². The summed E-state index contributed by atoms with van der Waals surface area (Å²) in [5.74, 6) is 2.17. The third-order valence-corrected chi connectivity index (χ3v) is 14.1. The number of aryl methyl sites for hydroxylation is 4. The minimum Gasteiger partial charge on any atom is -1.00 e. The molecule has 4 aromatic heterocycles. The van der Waals surface area contributed by atoms with E-state index in [0.717, 1.165) is 41.4 Å². The van der Waals surface area contributed by atoms with Gasteiger partial charge in [0.05, 0.1) is 38.0 Å². The number of quaternary nitrogens is 1. The van der Waals surface area contributed by atoms with Crippen molar-refractivity contribution >= 4 is 77.3 Å². The molecule has 0 amide bonds. The summed E-state index contributed by atoms with van der Waals surface area (Å²) in [6.45, 7) is 2.00. The summed E-state index contributed by atoms with van der Waals surface area (Å²) in [4.78, 5) is 27.9. The summed E-state index contributed by atoms with van der Waals surface area (Å²) in [6.07, 6.45) is 23.6. The first-order chi connectivity index (χ1) is 25.2. The Labute approximate surface area is 371 Å². The van der Waals surface area contributed by atoms with E-state index in [1.54, 1.807) is 12.7 Å². The summed E-state index contributed by atoms with van der Waals surface area (Å²) < 4.78 is 6.03. The van der Waals surface area contributed by atoms with Gasteiger partial charge in [-0.25, -0.2) is 19.9 Å². The molecular weight excluding hydrogens is 950 g/mol. The van der Waals surface area contributed by atoms with Gasteiger partial charge in [0, 0.05) is 53.9 Å². The number of alkyl halides is 1. The number of hydrogen-bond donors (Lipinski definition) is 2. The van der Waals surface area contributed by atoms with E-state index in [1.165, 1.54) is 144 Å². The number of thiophene rings is 2. The van der Waals surface area contributed by atoms with Crippen LogP contribution < -0.4 is 34.6 Å². The molecule has 0 spiro atoms. The number of halogens is 2. The van der Waals surface area contributed by atoms with Crippen molar-refractivity contribution in [2.45, 2.75) is 142 Å². The summed E-state index contributed by atoms with van der Waals surface area (Å²) in [6, 6.07) is 2.66. The quantitative estimate of drug-likeness (QED) is 0.119. The number of fused-ring (bicyclic) bond motifs is 6. The molecule has 0 aromatic carbocycles. The van der Waals surface area contributed by atoms with Crippen molar-refractivity contribution in [3.63, 3.8) is 0 Å². The number of nitrogens with zero attached hydrogens (tertiary/aromatic N) is 6. The summed E-state index contributed by atoms with van der Waals surface area (Å²) in [5.41, 5.74) is 3.04. The van der Waals surface area contributed by atoms with E-state index in [0.29, 0.717) is 12.1 Å². The SMILES string of the molecule is C.C.C1CCOC1.CI.CN(C)C1CCC(Nc2ncnc3sc4c(c23)CCC4)CC1.C[N+](C)(C)C1CCC(Nc2ncnc3sc4c(c23)CCC4)CC1.[I-]. The van der Waals surface area contributed by atoms with Gasteiger partial charge in [-0.3, -0.25) is 0 Å². The fourth-order valence-electron chi connectivity index (χ4n) is 8.70. The van der Waals surface area contributed by atoms with Crippen molar-refractivity contribution in [2.24, 2.45) is 0 Å². The van der Waals surface area contributed by atoms with Gasteiger partial charge in [0.1, 0.15) is 34.0 Å². The first-order valence-electron chi connectivity index (χ1n) is 19.7. The monoisotopic (exact) mass is 1020 g/mol. The molecule has 0 unspecified atom stereocenters. The van der Waals surface area contributed by atoms with Crippen LogP contribution in [0.15, 0.2) is 12.7 Å². The smallest absolute Gasteiger partial charge is 0.138 e. The Hall–Kier alpha value is -0.980. The predicted octanol–water partition coefficient (Wildman–Crippen LogP) is 7.20. The fraction of sp³-hybridized carbons (Fsp3) is 0.714. The lowest BCUT2D eigenvalue weighted by Gasteiger charge is -2.39. The van der Waals surface area contributed by atoms with Crippen molar-refractivity contribution in [2.75, 3.05) is 64.0 Å². The van der Waals surface area contributed by atoms with E-state index >= 15 is 0 Å². The Morgan fingerprint density at radius 3 is 1.47 bits per heavy atom. The molecular formula is C42H70I2N8OS2. The molecule has 2 saturated carbocycles. The molecule has 4 aliphatic carbocycles. The van der Waals surface area contributed by atoms with Crippen LogP contribution in [-0.2, 0) is 30.4 Å². The van der Waals surface area contributed by atoms with Crippen molar-refractivity contribution in [1.82, 2.24) is 24.8 Å². The molecule has 5 heterocycles. The van der Waals surface area contributed by atoms with Crippen LogP contribution in [0.5, 0.6) is 0 Å². The number of ether oxygens (including phenoxy) is 1. The van der Waals surface area contributed by atoms with Gasteiger partial charge in [-0.1, -0.05) is 37.4 Å². The Bertz CT molecular complexity index is 1710. The number of hydrogen-bond acceptors (Lipinski definition) is 10. The highest BCUT2D eigenvalue weighted by molar-refractivity contribution is 14.1. The Balaban J connectivity index is 0.000000241. The summed E-state index contributed by atoms with van der Waals surface area (Å²) >= 11 is 5.89. The van der Waals surface area contributed by atoms with Crippen LogP contribution in [-0.4, -0.2) is 107 Å². The van der Waals surface area contributed by atoms with Gasteiger partial charge in [0.25, 0.3) is 0 Å². The minimum atomic E-state index is 0. The van der Waals surface area contributed by atoms with E-state index in [9.17, 15) is 0 Å². The van der Waals surface area contributed by atoms with E-state index in [-0.39, 0.29) is 38.8 Å². The van der Waals surface area contributed by atoms with Crippen LogP contribution in [0.25, 0.3) is 20.4 Å². The molecule has 2 N–H and O–H groups in total. The van der Waals surface area contributed by atoms with Crippen LogP contribution in [0.3, 0.4) is 0 Å². The van der Waals surface area contributed by atoms with Gasteiger partial charge in [-0.15, -0.1) is 22.7 Å². The first kappa shape index (κ1) is 48.4. The van der Waals surface area contributed by atoms with Crippen molar-refractivity contribution in [3.05, 3.63) is 33.5 Å². The lowest BCUT2D eigenvalue weighted by atomic mass is 9.89. The topological polar surface area (TPSA) is 88.1 Å². The average Bonchev–Trinajstić information content (AvgIpc) is 3.99. The molecule has 4 aromatic rings. The van der Waals surface area contributed by atoms with Crippen LogP contribution >= 0.6 is 45.3 Å². The third kappa shape index (κ3) is 12.3. The zero-order valence-electron chi connectivity index (χ0n) is 32.9. The Morgan fingerprint density at radius 2 is 1.09 bits per heavy atom. The lowest BCUT2D eigenvalue weighted by molar-refractivity contribution is -0.897. The van der Waals surface area contributed by atoms with Gasteiger partial charge < -0.3 is 48.7 Å². The molecule has 3 fully saturated rings. The maximum Gasteiger partial charge on any atom is 0.138 e. The molecule has 13 heteroatoms. The summed E-state index contributed by atoms with van der Waals surface area (Å²) in [7, 11) is 11.4. The van der Waals surface area contributed by atoms with E-state index < -0.39 is 0 Å². The Morgan fingerprint density at radius 1 is 0.655 bits per heavy atom. The predicted molar refractivity (Wildman–Crippen MR) is 243 cm³/mol. The third-order valence-electron chi connectivity index (χ3n) is 11.7. The zero-order chi connectivity index (χ0) is 36.7. The highest BCUT2D eigenvalue weighted by Gasteiger charge is 2.31. The molecule has 0 atom stereocenters. The zero-order valence-corrected chi connectivity index (χ0v) is 38.8. The number of anilines is 2. The standard InChI is InChI=1S/C18H27N4S.C17H24N4S.C4H8O.CH3I.2CH4.HI/c1-22(2,3)13-9-7-12(8-10-13)21-17-16-14-5-4-6-15(14)23-18(16)20-11-19-17;1-21(2)12-8-6-11(7-9-12)20-16-15-13-4-3-5-14(13)22-17(15)19-10-18-16;1-2-4-5-3-1;1-2;;;/h11-13H,4-10H2,1-3H3,(H,19,20,21);10-12H,3-9H2,1-2H3,(H,18,19,20);1-4H2;1H3;2*1H4;1H/q+1;;;;;;/p-1. The second-order valence-electron chi connectivity index (χ2n) is 16.2. The molecule has 0 bridgehead atoms. The molecule has 9 rings (SSSR count). The molecule has 1 saturated heterocycles. The molecule has 1 aliphatic heterocycles. The van der Waals surface area contributed by atoms with E-state index in [4.69, 9.17) is 4.74 Å². The van der Waals surface area contributed by atoms with Gasteiger partial charge in [0.15, 0.2) is 0 Å². The fourth-order valence-corrected chi connectivity index (χ4v) is 11.2. The molecule has 0 radical (unpaired) electrons. The van der Waals surface area contributed by atoms with Crippen molar-refractivity contribution < 1.29 is 33.2 Å². The second kappa shape index (κ2) is 23.0. The molecule has 55 heavy (non-hydrogen) atoms. The van der Waals surface area contributed by atoms with E-state index in [2.05, 4.69) is 93.3 Å². The maximum absolute atomic E-state index is 4.94. The molecule has 9 nitrogen and oxygen atoms in total. The molecule has 310 valence electrons. The number of nitrogens with one attached hydrogen (secondary N) is 2. The van der Waals surface area contributed by atoms with Crippen LogP contribution in [0, 0.1) is 0 Å². The summed E-state index contributed by atoms with van der Waals surface area (Å²) in [5, 5.41) is 10.1. The van der Waals surface area contributed by atoms with Crippen LogP contribution in [0.1, 0.15) is 113 Å². The van der Waals surface area contributed by atoms with Gasteiger partial charge in [0.2, 0.25) is 0 Å². The molecule has 5 aliphatic rings. The Kier molecular flexibility index (Phi) is 20.2. The normalized spacial score (nSPS) is 22.6. The first-order valence-corrected chi connectivity index (χ1v) is 23.5. The average molecular weight is 1020 g/mol. The van der Waals surface area contributed by atoms with Crippen molar-refractivity contribution in [1.29, 1.82) is 0 Å². The highest BCUT2D eigenvalue weighted by atomic mass is 127. The van der Waals surface area contributed by atoms with Crippen molar-refractivity contribution in [3.8, 4) is 0 Å². The number of rotatable bonds is 6. The van der Waals surface area contributed by atoms with Crippen LogP contribution in [0.2, 0.25) is 0 Å². The largest absolute Gasteiger partial charge is 1.00 e. The van der Waals surface area contributed by atoms with Gasteiger partial charge in [-0.2, -0.15) is 0 Å². The lowest BCUT2D eigenvalue weighted by Crippen LogP contribution is -3.00.